The lowest BCUT2D eigenvalue weighted by atomic mass is 10.2. The minimum absolute atomic E-state index is 0.235. The zero-order chi connectivity index (χ0) is 20.3. The third-order valence-electron chi connectivity index (χ3n) is 3.77. The van der Waals surface area contributed by atoms with Crippen LogP contribution in [0, 0.1) is 0 Å². The van der Waals surface area contributed by atoms with Crippen LogP contribution in [0.4, 0.5) is 18.9 Å². The molecule has 7 nitrogen and oxygen atoms in total. The van der Waals surface area contributed by atoms with Gasteiger partial charge in [-0.15, -0.1) is 13.2 Å². The van der Waals surface area contributed by atoms with Gasteiger partial charge in [0.25, 0.3) is 5.91 Å². The van der Waals surface area contributed by atoms with Crippen molar-refractivity contribution >= 4 is 28.5 Å². The standard InChI is InChI=1S/C18H15F3N4O3/c1-25(17(27)11-2-7-14-15(8-11)23-10-22-14)9-16(26)24-12-3-5-13(6-4-12)28-18(19,20)21/h2-8,10H,9H2,1H3,(H,22,23)(H,24,26). The van der Waals surface area contributed by atoms with E-state index in [2.05, 4.69) is 20.0 Å². The average Bonchev–Trinajstić information content (AvgIpc) is 3.09. The Hall–Kier alpha value is -3.56. The lowest BCUT2D eigenvalue weighted by molar-refractivity contribution is -0.274. The summed E-state index contributed by atoms with van der Waals surface area (Å²) in [4.78, 5) is 32.8. The van der Waals surface area contributed by atoms with Crippen molar-refractivity contribution in [2.24, 2.45) is 0 Å². The summed E-state index contributed by atoms with van der Waals surface area (Å²) >= 11 is 0. The molecular formula is C18H15F3N4O3. The highest BCUT2D eigenvalue weighted by atomic mass is 19.4. The summed E-state index contributed by atoms with van der Waals surface area (Å²) in [6.07, 6.45) is -3.27. The van der Waals surface area contributed by atoms with Gasteiger partial charge in [-0.2, -0.15) is 0 Å². The number of amides is 2. The first-order valence-corrected chi connectivity index (χ1v) is 8.05. The number of carbonyl (C=O) groups excluding carboxylic acids is 2. The van der Waals surface area contributed by atoms with E-state index in [4.69, 9.17) is 0 Å². The lowest BCUT2D eigenvalue weighted by Gasteiger charge is -2.17. The zero-order valence-electron chi connectivity index (χ0n) is 14.6. The van der Waals surface area contributed by atoms with Gasteiger partial charge >= 0.3 is 6.36 Å². The zero-order valence-corrected chi connectivity index (χ0v) is 14.6. The molecule has 0 saturated carbocycles. The molecule has 0 atom stereocenters. The van der Waals surface area contributed by atoms with Crippen LogP contribution >= 0.6 is 0 Å². The minimum Gasteiger partial charge on any atom is -0.406 e. The number of carbonyl (C=O) groups is 2. The van der Waals surface area contributed by atoms with Gasteiger partial charge in [0.15, 0.2) is 0 Å². The van der Waals surface area contributed by atoms with Crippen LogP contribution in [-0.2, 0) is 4.79 Å². The van der Waals surface area contributed by atoms with E-state index in [0.717, 1.165) is 17.6 Å². The lowest BCUT2D eigenvalue weighted by Crippen LogP contribution is -2.34. The van der Waals surface area contributed by atoms with Crippen LogP contribution in [0.2, 0.25) is 0 Å². The van der Waals surface area contributed by atoms with Gasteiger partial charge in [-0.3, -0.25) is 9.59 Å². The summed E-state index contributed by atoms with van der Waals surface area (Å²) in [5.41, 5.74) is 2.08. The van der Waals surface area contributed by atoms with Crippen molar-refractivity contribution < 1.29 is 27.5 Å². The maximum Gasteiger partial charge on any atom is 0.573 e. The Balaban J connectivity index is 1.58. The van der Waals surface area contributed by atoms with Gasteiger partial charge < -0.3 is 19.9 Å². The first-order valence-electron chi connectivity index (χ1n) is 8.05. The fourth-order valence-electron chi connectivity index (χ4n) is 2.52. The number of imidazole rings is 1. The number of rotatable bonds is 5. The van der Waals surface area contributed by atoms with Crippen molar-refractivity contribution in [1.29, 1.82) is 0 Å². The van der Waals surface area contributed by atoms with E-state index >= 15 is 0 Å². The number of hydrogen-bond acceptors (Lipinski definition) is 4. The van der Waals surface area contributed by atoms with E-state index < -0.39 is 18.0 Å². The largest absolute Gasteiger partial charge is 0.573 e. The molecule has 0 fully saturated rings. The van der Waals surface area contributed by atoms with Crippen LogP contribution in [0.1, 0.15) is 10.4 Å². The monoisotopic (exact) mass is 392 g/mol. The van der Waals surface area contributed by atoms with Crippen LogP contribution in [0.25, 0.3) is 11.0 Å². The highest BCUT2D eigenvalue weighted by Crippen LogP contribution is 2.24. The molecule has 0 spiro atoms. The molecular weight excluding hydrogens is 377 g/mol. The minimum atomic E-state index is -4.78. The van der Waals surface area contributed by atoms with Crippen LogP contribution < -0.4 is 10.1 Å². The molecule has 0 aliphatic carbocycles. The van der Waals surface area contributed by atoms with Crippen molar-refractivity contribution in [3.05, 3.63) is 54.4 Å². The summed E-state index contributed by atoms with van der Waals surface area (Å²) in [5, 5.41) is 2.51. The number of fused-ring (bicyclic) bond motifs is 1. The highest BCUT2D eigenvalue weighted by molar-refractivity contribution is 6.00. The van der Waals surface area contributed by atoms with Crippen molar-refractivity contribution in [3.63, 3.8) is 0 Å². The number of alkyl halides is 3. The summed E-state index contributed by atoms with van der Waals surface area (Å²) in [6, 6.07) is 9.64. The quantitative estimate of drug-likeness (QED) is 0.698. The molecule has 2 N–H and O–H groups in total. The second-order valence-corrected chi connectivity index (χ2v) is 5.92. The number of halogens is 3. The Morgan fingerprint density at radius 1 is 1.18 bits per heavy atom. The van der Waals surface area contributed by atoms with E-state index in [1.165, 1.54) is 30.4 Å². The number of H-pyrrole nitrogens is 1. The molecule has 28 heavy (non-hydrogen) atoms. The normalized spacial score (nSPS) is 11.3. The average molecular weight is 392 g/mol. The van der Waals surface area contributed by atoms with Crippen molar-refractivity contribution in [3.8, 4) is 5.75 Å². The molecule has 146 valence electrons. The van der Waals surface area contributed by atoms with Gasteiger partial charge in [-0.05, 0) is 42.5 Å². The third-order valence-corrected chi connectivity index (χ3v) is 3.77. The number of benzene rings is 2. The molecule has 0 aliphatic heterocycles. The number of nitrogens with one attached hydrogen (secondary N) is 2. The van der Waals surface area contributed by atoms with Crippen molar-refractivity contribution in [1.82, 2.24) is 14.9 Å². The molecule has 3 aromatic rings. The van der Waals surface area contributed by atoms with Crippen LogP contribution in [-0.4, -0.2) is 46.6 Å². The van der Waals surface area contributed by atoms with Gasteiger partial charge in [0.2, 0.25) is 5.91 Å². The molecule has 1 heterocycles. The van der Waals surface area contributed by atoms with Gasteiger partial charge in [-0.1, -0.05) is 0 Å². The van der Waals surface area contributed by atoms with Crippen molar-refractivity contribution in [2.75, 3.05) is 18.9 Å². The SMILES string of the molecule is CN(CC(=O)Nc1ccc(OC(F)(F)F)cc1)C(=O)c1ccc2nc[nH]c2c1. The fourth-order valence-corrected chi connectivity index (χ4v) is 2.52. The summed E-state index contributed by atoms with van der Waals surface area (Å²) < 4.78 is 40.2. The smallest absolute Gasteiger partial charge is 0.406 e. The summed E-state index contributed by atoms with van der Waals surface area (Å²) in [7, 11) is 1.47. The van der Waals surface area contributed by atoms with E-state index in [1.54, 1.807) is 18.2 Å². The Morgan fingerprint density at radius 3 is 2.57 bits per heavy atom. The Labute approximate surface area is 157 Å². The Kier molecular flexibility index (Phi) is 5.21. The van der Waals surface area contributed by atoms with Gasteiger partial charge in [0.05, 0.1) is 23.9 Å². The van der Waals surface area contributed by atoms with Crippen LogP contribution in [0.5, 0.6) is 5.75 Å². The second kappa shape index (κ2) is 7.59. The Morgan fingerprint density at radius 2 is 1.89 bits per heavy atom. The molecule has 10 heteroatoms. The molecule has 0 saturated heterocycles. The second-order valence-electron chi connectivity index (χ2n) is 5.92. The van der Waals surface area contributed by atoms with E-state index in [-0.39, 0.29) is 18.1 Å². The van der Waals surface area contributed by atoms with Crippen LogP contribution in [0.3, 0.4) is 0 Å². The van der Waals surface area contributed by atoms with E-state index in [9.17, 15) is 22.8 Å². The fraction of sp³-hybridized carbons (Fsp3) is 0.167. The maximum atomic E-state index is 12.5. The number of anilines is 1. The molecule has 0 aliphatic rings. The van der Waals surface area contributed by atoms with Crippen LogP contribution in [0.15, 0.2) is 48.8 Å². The first kappa shape index (κ1) is 19.2. The third kappa shape index (κ3) is 4.78. The summed E-state index contributed by atoms with van der Waals surface area (Å²) in [6.45, 7) is -0.235. The summed E-state index contributed by atoms with van der Waals surface area (Å²) in [5.74, 6) is -1.25. The number of hydrogen-bond donors (Lipinski definition) is 2. The molecule has 0 bridgehead atoms. The number of aromatic nitrogens is 2. The molecule has 2 aromatic carbocycles. The topological polar surface area (TPSA) is 87.3 Å². The van der Waals surface area contributed by atoms with Crippen molar-refractivity contribution in [2.45, 2.75) is 6.36 Å². The molecule has 0 radical (unpaired) electrons. The molecule has 3 rings (SSSR count). The maximum absolute atomic E-state index is 12.5. The molecule has 1 aromatic heterocycles. The van der Waals surface area contributed by atoms with Gasteiger partial charge in [0, 0.05) is 18.3 Å². The highest BCUT2D eigenvalue weighted by Gasteiger charge is 2.31. The number of ether oxygens (including phenoxy) is 1. The number of aromatic amines is 1. The van der Waals surface area contributed by atoms with Gasteiger partial charge in [0.1, 0.15) is 5.75 Å². The number of likely N-dealkylation sites (N-methyl/N-ethyl adjacent to an activating group) is 1. The Bertz CT molecular complexity index is 999. The van der Waals surface area contributed by atoms with Gasteiger partial charge in [-0.25, -0.2) is 4.98 Å². The predicted molar refractivity (Wildman–Crippen MR) is 94.8 cm³/mol. The van der Waals surface area contributed by atoms with E-state index in [0.29, 0.717) is 11.1 Å². The number of nitrogens with zero attached hydrogens (tertiary/aromatic N) is 2. The molecule has 2 amide bonds. The first-order chi connectivity index (χ1) is 13.2. The predicted octanol–water partition coefficient (Wildman–Crippen LogP) is 3.17. The van der Waals surface area contributed by atoms with E-state index in [1.807, 2.05) is 0 Å². The molecule has 0 unspecified atom stereocenters.